The van der Waals surface area contributed by atoms with Gasteiger partial charge in [0.25, 0.3) is 6.43 Å². The third kappa shape index (κ3) is 5.61. The van der Waals surface area contributed by atoms with Gasteiger partial charge in [-0.05, 0) is 117 Å². The molecule has 0 saturated heterocycles. The number of amides is 1. The maximum absolute atomic E-state index is 13.0. The number of nitrogens with one attached hydrogen (secondary N) is 1. The minimum Gasteiger partial charge on any atom is -0.480 e. The van der Waals surface area contributed by atoms with Crippen molar-refractivity contribution in [2.75, 3.05) is 6.54 Å². The van der Waals surface area contributed by atoms with Crippen molar-refractivity contribution in [3.05, 3.63) is 0 Å². The van der Waals surface area contributed by atoms with E-state index in [4.69, 9.17) is 10.8 Å². The Hall–Kier alpha value is -1.32. The molecule has 4 aliphatic rings. The molecule has 4 aliphatic carbocycles. The van der Waals surface area contributed by atoms with Crippen molar-refractivity contribution < 1.29 is 33.7 Å². The summed E-state index contributed by atoms with van der Waals surface area (Å²) in [5.74, 6) is 0.656. The Morgan fingerprint density at radius 2 is 1.72 bits per heavy atom. The molecule has 7 nitrogen and oxygen atoms in total. The van der Waals surface area contributed by atoms with E-state index in [1.54, 1.807) is 0 Å². The molecule has 11 atom stereocenters. The van der Waals surface area contributed by atoms with E-state index in [9.17, 15) is 28.6 Å². The number of aliphatic hydroxyl groups excluding tert-OH is 2. The molecule has 0 heterocycles. The average molecular weight is 557 g/mol. The van der Waals surface area contributed by atoms with Crippen LogP contribution in [-0.4, -0.2) is 57.9 Å². The molecule has 1 amide bonds. The van der Waals surface area contributed by atoms with Gasteiger partial charge in [0.05, 0.1) is 12.2 Å². The van der Waals surface area contributed by atoms with E-state index in [2.05, 4.69) is 26.1 Å². The normalized spacial score (nSPS) is 42.1. The van der Waals surface area contributed by atoms with Crippen LogP contribution in [0.1, 0.15) is 97.8 Å². The molecule has 4 rings (SSSR count). The van der Waals surface area contributed by atoms with Gasteiger partial charge in [-0.3, -0.25) is 4.79 Å². The number of carbonyl (C=O) groups is 2. The molecule has 4 fully saturated rings. The summed E-state index contributed by atoms with van der Waals surface area (Å²) < 4.78 is 26.1. The lowest BCUT2D eigenvalue weighted by atomic mass is 9.43. The van der Waals surface area contributed by atoms with Crippen LogP contribution in [0.5, 0.6) is 0 Å². The molecule has 39 heavy (non-hydrogen) atoms. The number of carboxylic acids is 1. The van der Waals surface area contributed by atoms with Crippen LogP contribution in [0.3, 0.4) is 0 Å². The second-order valence-electron chi connectivity index (χ2n) is 14.1. The smallest absolute Gasteiger partial charge is 0.329 e. The maximum Gasteiger partial charge on any atom is 0.329 e. The summed E-state index contributed by atoms with van der Waals surface area (Å²) in [6, 6.07) is 0. The Morgan fingerprint density at radius 1 is 1.05 bits per heavy atom. The molecule has 9 heteroatoms. The molecule has 0 aromatic carbocycles. The summed E-state index contributed by atoms with van der Waals surface area (Å²) in [4.78, 5) is 23.6. The van der Waals surface area contributed by atoms with Crippen LogP contribution >= 0.6 is 0 Å². The summed E-state index contributed by atoms with van der Waals surface area (Å²) >= 11 is 0. The fourth-order valence-electron chi connectivity index (χ4n) is 9.74. The molecular weight excluding hydrogens is 506 g/mol. The molecule has 0 aromatic rings. The maximum atomic E-state index is 13.0. The Labute approximate surface area is 231 Å². The Morgan fingerprint density at radius 3 is 2.38 bits per heavy atom. The van der Waals surface area contributed by atoms with Gasteiger partial charge in [-0.1, -0.05) is 20.8 Å². The fraction of sp³-hybridized carbons (Fsp3) is 0.933. The summed E-state index contributed by atoms with van der Waals surface area (Å²) in [5, 5.41) is 33.4. The molecule has 0 bridgehead atoms. The first-order chi connectivity index (χ1) is 18.2. The number of carbonyl (C=O) groups excluding carboxylic acids is 1. The van der Waals surface area contributed by atoms with Crippen molar-refractivity contribution in [1.82, 2.24) is 5.32 Å². The van der Waals surface area contributed by atoms with E-state index < -0.39 is 24.4 Å². The Bertz CT molecular complexity index is 907. The lowest BCUT2D eigenvalue weighted by Crippen LogP contribution is -2.58. The number of alkyl halides is 2. The van der Waals surface area contributed by atoms with Crippen LogP contribution in [0, 0.1) is 46.3 Å². The standard InChI is InChI=1S/C30H50F2N2O5/c1-17(5-8-24(37)34-14-4-11-30(33,26(31)32)27(38)39)20-6-7-21-25-22(10-13-29(20,21)3)28(2)12-9-19(35)15-18(28)16-23(25)36/h17-23,25-26,35-36H,4-16,33H2,1-3H3,(H,34,37)(H,38,39). The predicted octanol–water partition coefficient (Wildman–Crippen LogP) is 4.34. The van der Waals surface area contributed by atoms with Gasteiger partial charge in [-0.25, -0.2) is 13.6 Å². The highest BCUT2D eigenvalue weighted by Gasteiger charge is 2.62. The lowest BCUT2D eigenvalue weighted by molar-refractivity contribution is -0.174. The van der Waals surface area contributed by atoms with Gasteiger partial charge >= 0.3 is 5.97 Å². The molecule has 0 radical (unpaired) electrons. The van der Waals surface area contributed by atoms with E-state index >= 15 is 0 Å². The SMILES string of the molecule is CC(CCC(=O)NCCCC(N)(C(=O)O)C(F)F)C1CCC2C3C(O)CC4CC(O)CCC4(C)C3CCC12C. The van der Waals surface area contributed by atoms with Crippen LogP contribution in [0.2, 0.25) is 0 Å². The molecule has 0 aromatic heterocycles. The van der Waals surface area contributed by atoms with Gasteiger partial charge in [0.2, 0.25) is 5.91 Å². The van der Waals surface area contributed by atoms with Crippen molar-refractivity contribution in [3.8, 4) is 0 Å². The first kappa shape index (κ1) is 30.6. The van der Waals surface area contributed by atoms with Gasteiger partial charge in [0.1, 0.15) is 0 Å². The summed E-state index contributed by atoms with van der Waals surface area (Å²) in [6.45, 7) is 7.19. The number of nitrogens with two attached hydrogens (primary N) is 1. The summed E-state index contributed by atoms with van der Waals surface area (Å²) in [6.07, 6.45) is 5.07. The quantitative estimate of drug-likeness (QED) is 0.254. The number of hydrogen-bond donors (Lipinski definition) is 5. The number of aliphatic carboxylic acids is 1. The van der Waals surface area contributed by atoms with Crippen molar-refractivity contribution in [2.24, 2.45) is 52.1 Å². The van der Waals surface area contributed by atoms with Crippen LogP contribution in [0.25, 0.3) is 0 Å². The molecular formula is C30H50F2N2O5. The van der Waals surface area contributed by atoms with Crippen molar-refractivity contribution in [1.29, 1.82) is 0 Å². The molecule has 224 valence electrons. The molecule has 0 spiro atoms. The second kappa shape index (κ2) is 11.5. The molecule has 6 N–H and O–H groups in total. The molecule has 11 unspecified atom stereocenters. The van der Waals surface area contributed by atoms with Crippen LogP contribution in [-0.2, 0) is 9.59 Å². The second-order valence-corrected chi connectivity index (χ2v) is 14.1. The zero-order valence-electron chi connectivity index (χ0n) is 23.9. The van der Waals surface area contributed by atoms with Crippen molar-refractivity contribution in [2.45, 2.75) is 122 Å². The van der Waals surface area contributed by atoms with Crippen molar-refractivity contribution in [3.63, 3.8) is 0 Å². The van der Waals surface area contributed by atoms with E-state index in [0.29, 0.717) is 41.9 Å². The summed E-state index contributed by atoms with van der Waals surface area (Å²) in [5.41, 5.74) is 3.10. The average Bonchev–Trinajstić information content (AvgIpc) is 3.23. The van der Waals surface area contributed by atoms with Crippen molar-refractivity contribution >= 4 is 11.9 Å². The van der Waals surface area contributed by atoms with Gasteiger partial charge < -0.3 is 26.4 Å². The predicted molar refractivity (Wildman–Crippen MR) is 144 cm³/mol. The van der Waals surface area contributed by atoms with E-state index in [0.717, 1.165) is 57.8 Å². The first-order valence-corrected chi connectivity index (χ1v) is 15.2. The highest BCUT2D eigenvalue weighted by atomic mass is 19.3. The number of halogens is 2. The van der Waals surface area contributed by atoms with E-state index in [-0.39, 0.29) is 41.9 Å². The van der Waals surface area contributed by atoms with Gasteiger partial charge in [0.15, 0.2) is 5.54 Å². The minimum absolute atomic E-state index is 0.0699. The summed E-state index contributed by atoms with van der Waals surface area (Å²) in [7, 11) is 0. The third-order valence-electron chi connectivity index (χ3n) is 12.1. The molecule has 4 saturated carbocycles. The highest BCUT2D eigenvalue weighted by molar-refractivity contribution is 5.79. The van der Waals surface area contributed by atoms with Gasteiger partial charge in [-0.15, -0.1) is 0 Å². The van der Waals surface area contributed by atoms with Gasteiger partial charge in [0, 0.05) is 13.0 Å². The van der Waals surface area contributed by atoms with Gasteiger partial charge in [-0.2, -0.15) is 0 Å². The monoisotopic (exact) mass is 556 g/mol. The zero-order valence-corrected chi connectivity index (χ0v) is 23.9. The first-order valence-electron chi connectivity index (χ1n) is 15.2. The number of fused-ring (bicyclic) bond motifs is 5. The Kier molecular flexibility index (Phi) is 9.05. The Balaban J connectivity index is 1.30. The van der Waals surface area contributed by atoms with Crippen LogP contribution in [0.15, 0.2) is 0 Å². The van der Waals surface area contributed by atoms with E-state index in [1.165, 1.54) is 0 Å². The van der Waals surface area contributed by atoms with E-state index in [1.807, 2.05) is 0 Å². The van der Waals surface area contributed by atoms with Crippen LogP contribution in [0.4, 0.5) is 8.78 Å². The topological polar surface area (TPSA) is 133 Å². The number of aliphatic hydroxyl groups is 2. The largest absolute Gasteiger partial charge is 0.480 e. The minimum atomic E-state index is -3.17. The fourth-order valence-corrected chi connectivity index (χ4v) is 9.74. The third-order valence-corrected chi connectivity index (χ3v) is 12.1. The number of hydrogen-bond acceptors (Lipinski definition) is 5. The zero-order chi connectivity index (χ0) is 28.8. The molecule has 0 aliphatic heterocycles. The number of carboxylic acid groups (broad SMARTS) is 1. The van der Waals surface area contributed by atoms with Crippen LogP contribution < -0.4 is 11.1 Å². The number of rotatable bonds is 10. The highest BCUT2D eigenvalue weighted by Crippen LogP contribution is 2.68. The lowest BCUT2D eigenvalue weighted by Gasteiger charge is -2.62.